The molecule has 84 valence electrons. The van der Waals surface area contributed by atoms with Crippen molar-refractivity contribution in [1.29, 1.82) is 0 Å². The molecule has 2 rings (SSSR count). The smallest absolute Gasteiger partial charge is 0.127 e. The molecule has 1 atom stereocenters. The lowest BCUT2D eigenvalue weighted by Gasteiger charge is -2.30. The molecular weight excluding hydrogens is 214 g/mol. The van der Waals surface area contributed by atoms with Gasteiger partial charge in [-0.3, -0.25) is 0 Å². The Balaban J connectivity index is 0.00000112. The van der Waals surface area contributed by atoms with E-state index < -0.39 is 0 Å². The van der Waals surface area contributed by atoms with Gasteiger partial charge in [0.1, 0.15) is 11.5 Å². The Morgan fingerprint density at radius 1 is 1.20 bits per heavy atom. The fraction of sp³-hybridized carbons (Fsp3) is 0.455. The van der Waals surface area contributed by atoms with Crippen molar-refractivity contribution < 1.29 is 9.47 Å². The third-order valence-electron chi connectivity index (χ3n) is 2.64. The van der Waals surface area contributed by atoms with Gasteiger partial charge in [-0.05, 0) is 25.1 Å². The zero-order valence-electron chi connectivity index (χ0n) is 8.95. The van der Waals surface area contributed by atoms with Crippen molar-refractivity contribution in [3.63, 3.8) is 0 Å². The van der Waals surface area contributed by atoms with Gasteiger partial charge in [-0.15, -0.1) is 12.4 Å². The Bertz CT molecular complexity index is 304. The monoisotopic (exact) mass is 229 g/mol. The predicted molar refractivity (Wildman–Crippen MR) is 62.2 cm³/mol. The molecule has 1 aromatic carbocycles. The van der Waals surface area contributed by atoms with Gasteiger partial charge < -0.3 is 14.8 Å². The van der Waals surface area contributed by atoms with Crippen LogP contribution in [0, 0.1) is 0 Å². The molecule has 1 aliphatic rings. The largest absolute Gasteiger partial charge is 0.496 e. The molecule has 1 heterocycles. The van der Waals surface area contributed by atoms with E-state index >= 15 is 0 Å². The number of rotatable bonds is 3. The third kappa shape index (κ3) is 2.19. The van der Waals surface area contributed by atoms with Gasteiger partial charge in [0, 0.05) is 6.04 Å². The summed E-state index contributed by atoms with van der Waals surface area (Å²) in [5, 5.41) is 3.35. The second-order valence-electron chi connectivity index (χ2n) is 3.37. The van der Waals surface area contributed by atoms with E-state index in [1.165, 1.54) is 0 Å². The highest BCUT2D eigenvalue weighted by atomic mass is 35.5. The molecule has 0 saturated carbocycles. The third-order valence-corrected chi connectivity index (χ3v) is 2.64. The highest BCUT2D eigenvalue weighted by molar-refractivity contribution is 5.85. The van der Waals surface area contributed by atoms with Crippen LogP contribution in [-0.4, -0.2) is 20.8 Å². The fourth-order valence-corrected chi connectivity index (χ4v) is 1.76. The first-order valence-corrected chi connectivity index (χ1v) is 4.81. The number of hydrogen-bond acceptors (Lipinski definition) is 3. The van der Waals surface area contributed by atoms with Crippen LogP contribution in [0.15, 0.2) is 18.2 Å². The number of nitrogens with one attached hydrogen (secondary N) is 1. The Kier molecular flexibility index (Phi) is 4.24. The molecular formula is C11H16ClNO2. The quantitative estimate of drug-likeness (QED) is 0.862. The molecule has 1 aromatic rings. The first-order valence-electron chi connectivity index (χ1n) is 4.81. The Morgan fingerprint density at radius 3 is 2.07 bits per heavy atom. The SMILES string of the molecule is COc1cccc(OC)c1[C@H]1CCN1.Cl. The predicted octanol–water partition coefficient (Wildman–Crippen LogP) is 2.16. The van der Waals surface area contributed by atoms with E-state index in [0.29, 0.717) is 6.04 Å². The van der Waals surface area contributed by atoms with E-state index in [0.717, 1.165) is 30.0 Å². The highest BCUT2D eigenvalue weighted by Gasteiger charge is 2.25. The van der Waals surface area contributed by atoms with Gasteiger partial charge in [0.05, 0.1) is 19.8 Å². The molecule has 4 heteroatoms. The Morgan fingerprint density at radius 2 is 1.73 bits per heavy atom. The summed E-state index contributed by atoms with van der Waals surface area (Å²) >= 11 is 0. The molecule has 1 N–H and O–H groups in total. The van der Waals surface area contributed by atoms with Crippen molar-refractivity contribution in [2.24, 2.45) is 0 Å². The molecule has 1 fully saturated rings. The number of halogens is 1. The van der Waals surface area contributed by atoms with Crippen molar-refractivity contribution in [2.45, 2.75) is 12.5 Å². The summed E-state index contributed by atoms with van der Waals surface area (Å²) in [6.45, 7) is 1.08. The molecule has 0 aromatic heterocycles. The summed E-state index contributed by atoms with van der Waals surface area (Å²) in [5.41, 5.74) is 1.14. The van der Waals surface area contributed by atoms with E-state index in [2.05, 4.69) is 5.32 Å². The van der Waals surface area contributed by atoms with Crippen molar-refractivity contribution in [2.75, 3.05) is 20.8 Å². The minimum Gasteiger partial charge on any atom is -0.496 e. The summed E-state index contributed by atoms with van der Waals surface area (Å²) < 4.78 is 10.6. The van der Waals surface area contributed by atoms with Crippen molar-refractivity contribution in [3.05, 3.63) is 23.8 Å². The number of hydrogen-bond donors (Lipinski definition) is 1. The minimum atomic E-state index is 0. The van der Waals surface area contributed by atoms with Gasteiger partial charge in [0.15, 0.2) is 0 Å². The zero-order valence-corrected chi connectivity index (χ0v) is 9.76. The van der Waals surface area contributed by atoms with E-state index in [4.69, 9.17) is 9.47 Å². The van der Waals surface area contributed by atoms with Crippen LogP contribution in [0.4, 0.5) is 0 Å². The number of benzene rings is 1. The summed E-state index contributed by atoms with van der Waals surface area (Å²) in [6.07, 6.45) is 1.15. The first-order chi connectivity index (χ1) is 6.86. The Labute approximate surface area is 96.2 Å². The van der Waals surface area contributed by atoms with Gasteiger partial charge in [-0.2, -0.15) is 0 Å². The first kappa shape index (κ1) is 12.1. The van der Waals surface area contributed by atoms with Crippen LogP contribution in [0.1, 0.15) is 18.0 Å². The van der Waals surface area contributed by atoms with Crippen LogP contribution in [0.5, 0.6) is 11.5 Å². The summed E-state index contributed by atoms with van der Waals surface area (Å²) in [6, 6.07) is 6.27. The van der Waals surface area contributed by atoms with Gasteiger partial charge in [-0.25, -0.2) is 0 Å². The maximum atomic E-state index is 5.32. The summed E-state index contributed by atoms with van der Waals surface area (Å²) in [4.78, 5) is 0. The molecule has 0 amide bonds. The number of ether oxygens (including phenoxy) is 2. The van der Waals surface area contributed by atoms with Gasteiger partial charge in [0.2, 0.25) is 0 Å². The lowest BCUT2D eigenvalue weighted by Crippen LogP contribution is -2.35. The van der Waals surface area contributed by atoms with E-state index in [-0.39, 0.29) is 12.4 Å². The average Bonchev–Trinajstić information content (AvgIpc) is 2.15. The molecule has 1 saturated heterocycles. The molecule has 0 radical (unpaired) electrons. The van der Waals surface area contributed by atoms with E-state index in [1.54, 1.807) is 14.2 Å². The molecule has 0 unspecified atom stereocenters. The van der Waals surface area contributed by atoms with Crippen LogP contribution in [0.25, 0.3) is 0 Å². The summed E-state index contributed by atoms with van der Waals surface area (Å²) in [5.74, 6) is 1.81. The minimum absolute atomic E-state index is 0. The number of methoxy groups -OCH3 is 2. The van der Waals surface area contributed by atoms with Crippen molar-refractivity contribution in [1.82, 2.24) is 5.32 Å². The molecule has 0 aliphatic carbocycles. The molecule has 0 spiro atoms. The van der Waals surface area contributed by atoms with Crippen LogP contribution in [-0.2, 0) is 0 Å². The average molecular weight is 230 g/mol. The Hall–Kier alpha value is -0.930. The second kappa shape index (κ2) is 5.24. The van der Waals surface area contributed by atoms with E-state index in [9.17, 15) is 0 Å². The zero-order chi connectivity index (χ0) is 9.97. The van der Waals surface area contributed by atoms with Crippen LogP contribution >= 0.6 is 12.4 Å². The normalized spacial score (nSPS) is 18.7. The maximum absolute atomic E-state index is 5.32. The molecule has 3 nitrogen and oxygen atoms in total. The molecule has 15 heavy (non-hydrogen) atoms. The molecule has 0 bridgehead atoms. The van der Waals surface area contributed by atoms with Gasteiger partial charge in [0.25, 0.3) is 0 Å². The van der Waals surface area contributed by atoms with Crippen LogP contribution in [0.2, 0.25) is 0 Å². The highest BCUT2D eigenvalue weighted by Crippen LogP contribution is 2.37. The van der Waals surface area contributed by atoms with Gasteiger partial charge >= 0.3 is 0 Å². The van der Waals surface area contributed by atoms with Crippen molar-refractivity contribution >= 4 is 12.4 Å². The lowest BCUT2D eigenvalue weighted by molar-refractivity contribution is 0.330. The maximum Gasteiger partial charge on any atom is 0.127 e. The summed E-state index contributed by atoms with van der Waals surface area (Å²) in [7, 11) is 3.38. The van der Waals surface area contributed by atoms with Gasteiger partial charge in [-0.1, -0.05) is 6.07 Å². The van der Waals surface area contributed by atoms with E-state index in [1.807, 2.05) is 18.2 Å². The fourth-order valence-electron chi connectivity index (χ4n) is 1.76. The lowest BCUT2D eigenvalue weighted by atomic mass is 9.96. The van der Waals surface area contributed by atoms with Crippen molar-refractivity contribution in [3.8, 4) is 11.5 Å². The second-order valence-corrected chi connectivity index (χ2v) is 3.37. The molecule has 1 aliphatic heterocycles. The van der Waals surface area contributed by atoms with Crippen LogP contribution in [0.3, 0.4) is 0 Å². The standard InChI is InChI=1S/C11H15NO2.ClH/c1-13-9-4-3-5-10(14-2)11(9)8-6-7-12-8;/h3-5,8,12H,6-7H2,1-2H3;1H/t8-;/m1./s1. The topological polar surface area (TPSA) is 30.5 Å². The van der Waals surface area contributed by atoms with Crippen LogP contribution < -0.4 is 14.8 Å².